The minimum Gasteiger partial charge on any atom is -0.378 e. The van der Waals surface area contributed by atoms with Crippen molar-refractivity contribution in [2.75, 3.05) is 5.32 Å². The summed E-state index contributed by atoms with van der Waals surface area (Å²) in [5.74, 6) is 1.21. The summed E-state index contributed by atoms with van der Waals surface area (Å²) in [5, 5.41) is 3.80. The van der Waals surface area contributed by atoms with Crippen LogP contribution in [0.3, 0.4) is 0 Å². The first-order valence-electron chi connectivity index (χ1n) is 7.98. The second-order valence-electron chi connectivity index (χ2n) is 6.16. The lowest BCUT2D eigenvalue weighted by molar-refractivity contribution is 0.425. The molecule has 0 unspecified atom stereocenters. The highest BCUT2D eigenvalue weighted by Crippen LogP contribution is 2.49. The van der Waals surface area contributed by atoms with Crippen LogP contribution in [-0.4, -0.2) is 0 Å². The standard InChI is InChI=1S/C20H21N/c1-2-14-11-12-19-18(13-14)16-9-6-10-17(16)20(21-19)15-7-4-3-5-8-15/h3-9,11-13,16-17,20-21H,2,10H2,1H3/t16-,17-,20+/m1/s1. The minimum atomic E-state index is 0.422. The van der Waals surface area contributed by atoms with E-state index in [4.69, 9.17) is 0 Å². The van der Waals surface area contributed by atoms with Crippen molar-refractivity contribution in [2.24, 2.45) is 5.92 Å². The first-order chi connectivity index (χ1) is 10.4. The van der Waals surface area contributed by atoms with Crippen molar-refractivity contribution in [1.29, 1.82) is 0 Å². The van der Waals surface area contributed by atoms with Gasteiger partial charge in [-0.25, -0.2) is 0 Å². The number of anilines is 1. The molecule has 106 valence electrons. The van der Waals surface area contributed by atoms with Gasteiger partial charge >= 0.3 is 0 Å². The molecule has 1 nitrogen and oxygen atoms in total. The Morgan fingerprint density at radius 1 is 1.10 bits per heavy atom. The van der Waals surface area contributed by atoms with Gasteiger partial charge in [-0.15, -0.1) is 0 Å². The summed E-state index contributed by atoms with van der Waals surface area (Å²) >= 11 is 0. The van der Waals surface area contributed by atoms with Crippen LogP contribution in [0.4, 0.5) is 5.69 Å². The van der Waals surface area contributed by atoms with Gasteiger partial charge in [0.15, 0.2) is 0 Å². The van der Waals surface area contributed by atoms with E-state index in [0.717, 1.165) is 6.42 Å². The van der Waals surface area contributed by atoms with E-state index < -0.39 is 0 Å². The molecule has 2 aromatic rings. The van der Waals surface area contributed by atoms with Crippen molar-refractivity contribution < 1.29 is 0 Å². The van der Waals surface area contributed by atoms with E-state index in [1.54, 1.807) is 0 Å². The summed E-state index contributed by atoms with van der Waals surface area (Å²) in [4.78, 5) is 0. The third-order valence-electron chi connectivity index (χ3n) is 4.99. The summed E-state index contributed by atoms with van der Waals surface area (Å²) in [6.45, 7) is 2.23. The maximum Gasteiger partial charge on any atom is 0.0553 e. The molecular formula is C20H21N. The van der Waals surface area contributed by atoms with Crippen LogP contribution in [0.5, 0.6) is 0 Å². The Bertz CT molecular complexity index is 671. The summed E-state index contributed by atoms with van der Waals surface area (Å²) in [6.07, 6.45) is 7.06. The fraction of sp³-hybridized carbons (Fsp3) is 0.300. The highest BCUT2D eigenvalue weighted by molar-refractivity contribution is 5.60. The molecule has 0 spiro atoms. The molecule has 1 aliphatic heterocycles. The number of allylic oxidation sites excluding steroid dienone is 2. The predicted molar refractivity (Wildman–Crippen MR) is 88.6 cm³/mol. The molecule has 2 aromatic carbocycles. The molecular weight excluding hydrogens is 254 g/mol. The van der Waals surface area contributed by atoms with Crippen LogP contribution in [0.15, 0.2) is 60.7 Å². The van der Waals surface area contributed by atoms with E-state index in [0.29, 0.717) is 17.9 Å². The maximum atomic E-state index is 3.80. The van der Waals surface area contributed by atoms with Gasteiger partial charge in [0.1, 0.15) is 0 Å². The number of aryl methyl sites for hydroxylation is 1. The second kappa shape index (κ2) is 5.07. The van der Waals surface area contributed by atoms with Gasteiger partial charge in [-0.05, 0) is 41.5 Å². The van der Waals surface area contributed by atoms with Crippen molar-refractivity contribution >= 4 is 5.69 Å². The number of hydrogen-bond acceptors (Lipinski definition) is 1. The van der Waals surface area contributed by atoms with E-state index in [2.05, 4.69) is 72.9 Å². The zero-order valence-electron chi connectivity index (χ0n) is 12.4. The number of nitrogens with one attached hydrogen (secondary N) is 1. The molecule has 0 saturated heterocycles. The van der Waals surface area contributed by atoms with E-state index in [1.165, 1.54) is 28.8 Å². The lowest BCUT2D eigenvalue weighted by Gasteiger charge is -2.37. The normalized spacial score (nSPS) is 26.0. The average molecular weight is 275 g/mol. The Hall–Kier alpha value is -2.02. The van der Waals surface area contributed by atoms with Crippen molar-refractivity contribution in [2.45, 2.75) is 31.7 Å². The third kappa shape index (κ3) is 2.08. The fourth-order valence-corrected chi connectivity index (χ4v) is 3.85. The monoisotopic (exact) mass is 275 g/mol. The number of rotatable bonds is 2. The van der Waals surface area contributed by atoms with E-state index in [9.17, 15) is 0 Å². The van der Waals surface area contributed by atoms with Crippen molar-refractivity contribution in [3.8, 4) is 0 Å². The van der Waals surface area contributed by atoms with Gasteiger partial charge in [0.25, 0.3) is 0 Å². The first kappa shape index (κ1) is 12.7. The van der Waals surface area contributed by atoms with E-state index >= 15 is 0 Å². The number of hydrogen-bond donors (Lipinski definition) is 1. The molecule has 1 N–H and O–H groups in total. The van der Waals surface area contributed by atoms with E-state index in [1.807, 2.05) is 0 Å². The maximum absolute atomic E-state index is 3.80. The van der Waals surface area contributed by atoms with Crippen molar-refractivity contribution in [3.63, 3.8) is 0 Å². The Morgan fingerprint density at radius 3 is 2.76 bits per heavy atom. The number of benzene rings is 2. The van der Waals surface area contributed by atoms with Crippen molar-refractivity contribution in [1.82, 2.24) is 0 Å². The van der Waals surface area contributed by atoms with Gasteiger partial charge in [-0.2, -0.15) is 0 Å². The number of fused-ring (bicyclic) bond motifs is 3. The van der Waals surface area contributed by atoms with E-state index in [-0.39, 0.29) is 0 Å². The SMILES string of the molecule is CCc1ccc2c(c1)[C@@H]1C=CC[C@H]1[C@H](c1ccccc1)N2. The largest absolute Gasteiger partial charge is 0.378 e. The quantitative estimate of drug-likeness (QED) is 0.754. The summed E-state index contributed by atoms with van der Waals surface area (Å²) < 4.78 is 0. The zero-order chi connectivity index (χ0) is 14.2. The van der Waals surface area contributed by atoms with Gasteiger partial charge in [-0.3, -0.25) is 0 Å². The smallest absolute Gasteiger partial charge is 0.0553 e. The summed E-state index contributed by atoms with van der Waals surface area (Å²) in [5.41, 5.74) is 5.64. The Morgan fingerprint density at radius 2 is 1.95 bits per heavy atom. The Balaban J connectivity index is 1.78. The third-order valence-corrected chi connectivity index (χ3v) is 4.99. The fourth-order valence-electron chi connectivity index (χ4n) is 3.85. The van der Waals surface area contributed by atoms with Crippen LogP contribution in [0, 0.1) is 5.92 Å². The molecule has 1 heterocycles. The van der Waals surface area contributed by atoms with Crippen LogP contribution in [-0.2, 0) is 6.42 Å². The Labute approximate surface area is 126 Å². The van der Waals surface area contributed by atoms with Crippen LogP contribution in [0.2, 0.25) is 0 Å². The van der Waals surface area contributed by atoms with Gasteiger partial charge in [0.05, 0.1) is 6.04 Å². The lowest BCUT2D eigenvalue weighted by Crippen LogP contribution is -2.29. The van der Waals surface area contributed by atoms with Crippen LogP contribution >= 0.6 is 0 Å². The van der Waals surface area contributed by atoms with Gasteiger partial charge in [0.2, 0.25) is 0 Å². The molecule has 0 radical (unpaired) electrons. The van der Waals surface area contributed by atoms with Crippen LogP contribution in [0.25, 0.3) is 0 Å². The molecule has 0 amide bonds. The molecule has 21 heavy (non-hydrogen) atoms. The molecule has 4 rings (SSSR count). The summed E-state index contributed by atoms with van der Waals surface area (Å²) in [7, 11) is 0. The van der Waals surface area contributed by atoms with Crippen LogP contribution < -0.4 is 5.32 Å². The molecule has 0 bridgehead atoms. The predicted octanol–water partition coefficient (Wildman–Crippen LogP) is 5.08. The highest BCUT2D eigenvalue weighted by atomic mass is 15.0. The van der Waals surface area contributed by atoms with Gasteiger partial charge < -0.3 is 5.32 Å². The molecule has 0 fully saturated rings. The topological polar surface area (TPSA) is 12.0 Å². The molecule has 1 aliphatic carbocycles. The lowest BCUT2D eigenvalue weighted by atomic mass is 9.76. The molecule has 2 aliphatic rings. The summed E-state index contributed by atoms with van der Waals surface area (Å²) in [6, 6.07) is 18.2. The second-order valence-corrected chi connectivity index (χ2v) is 6.16. The Kier molecular flexibility index (Phi) is 3.07. The van der Waals surface area contributed by atoms with Crippen molar-refractivity contribution in [3.05, 3.63) is 77.4 Å². The van der Waals surface area contributed by atoms with Crippen LogP contribution in [0.1, 0.15) is 42.0 Å². The highest BCUT2D eigenvalue weighted by Gasteiger charge is 2.37. The van der Waals surface area contributed by atoms with Gasteiger partial charge in [0, 0.05) is 11.6 Å². The zero-order valence-corrected chi connectivity index (χ0v) is 12.4. The first-order valence-corrected chi connectivity index (χ1v) is 7.98. The minimum absolute atomic E-state index is 0.422. The molecule has 3 atom stereocenters. The van der Waals surface area contributed by atoms with Gasteiger partial charge in [-0.1, -0.05) is 61.5 Å². The average Bonchev–Trinajstić information content (AvgIpc) is 3.04. The molecule has 0 aromatic heterocycles. The molecule has 0 saturated carbocycles. The molecule has 1 heteroatoms.